The molecule has 7 nitrogen and oxygen atoms in total. The lowest BCUT2D eigenvalue weighted by Crippen LogP contribution is -2.37. The van der Waals surface area contributed by atoms with Crippen LogP contribution in [0.1, 0.15) is 30.0 Å². The van der Waals surface area contributed by atoms with Crippen molar-refractivity contribution in [2.75, 3.05) is 11.9 Å². The van der Waals surface area contributed by atoms with Gasteiger partial charge in [-0.25, -0.2) is 4.98 Å². The average molecular weight is 328 g/mol. The van der Waals surface area contributed by atoms with E-state index in [9.17, 15) is 14.4 Å². The summed E-state index contributed by atoms with van der Waals surface area (Å²) in [5.41, 5.74) is 0.754. The summed E-state index contributed by atoms with van der Waals surface area (Å²) in [5, 5.41) is 5.03. The normalized spacial score (nSPS) is 10.5. The number of amides is 2. The Morgan fingerprint density at radius 3 is 2.58 bits per heavy atom. The zero-order valence-corrected chi connectivity index (χ0v) is 13.9. The number of nitrogens with one attached hydrogen (secondary N) is 2. The Morgan fingerprint density at radius 1 is 1.21 bits per heavy atom. The number of anilines is 1. The van der Waals surface area contributed by atoms with E-state index >= 15 is 0 Å². The second-order valence-electron chi connectivity index (χ2n) is 5.83. The van der Waals surface area contributed by atoms with Crippen molar-refractivity contribution in [2.45, 2.75) is 13.8 Å². The van der Waals surface area contributed by atoms with Gasteiger partial charge in [0.25, 0.3) is 0 Å². The molecule has 1 aromatic heterocycles. The van der Waals surface area contributed by atoms with Gasteiger partial charge < -0.3 is 15.2 Å². The van der Waals surface area contributed by atoms with Gasteiger partial charge in [-0.15, -0.1) is 0 Å². The van der Waals surface area contributed by atoms with E-state index in [1.807, 2.05) is 13.8 Å². The van der Waals surface area contributed by atoms with Gasteiger partial charge >= 0.3 is 11.8 Å². The molecule has 0 atom stereocenters. The highest BCUT2D eigenvalue weighted by Gasteiger charge is 2.16. The molecule has 7 heteroatoms. The Labute approximate surface area is 140 Å². The zero-order valence-electron chi connectivity index (χ0n) is 13.9. The molecule has 0 unspecified atom stereocenters. The molecule has 2 N–H and O–H groups in total. The Hall–Kier alpha value is -2.96. The molecule has 1 aromatic carbocycles. The maximum atomic E-state index is 12.4. The van der Waals surface area contributed by atoms with Gasteiger partial charge in [0.05, 0.1) is 0 Å². The molecule has 0 bridgehead atoms. The second-order valence-corrected chi connectivity index (χ2v) is 5.83. The first-order valence-corrected chi connectivity index (χ1v) is 7.59. The van der Waals surface area contributed by atoms with E-state index in [0.717, 1.165) is 0 Å². The van der Waals surface area contributed by atoms with E-state index < -0.39 is 11.8 Å². The van der Waals surface area contributed by atoms with E-state index in [1.54, 1.807) is 36.0 Å². The molecule has 2 amide bonds. The lowest BCUT2D eigenvalue weighted by atomic mass is 10.1. The number of hydrogen-bond donors (Lipinski definition) is 2. The van der Waals surface area contributed by atoms with Crippen LogP contribution in [0.2, 0.25) is 0 Å². The molecular formula is C17H20N4O3. The van der Waals surface area contributed by atoms with Crippen molar-refractivity contribution >= 4 is 23.3 Å². The van der Waals surface area contributed by atoms with Crippen LogP contribution in [0.25, 0.3) is 0 Å². The highest BCUT2D eigenvalue weighted by atomic mass is 16.2. The van der Waals surface area contributed by atoms with Gasteiger partial charge in [0.15, 0.2) is 5.82 Å². The summed E-state index contributed by atoms with van der Waals surface area (Å²) in [6, 6.07) is 6.40. The number of nitrogens with zero attached hydrogens (tertiary/aromatic N) is 2. The van der Waals surface area contributed by atoms with Crippen molar-refractivity contribution in [1.29, 1.82) is 0 Å². The summed E-state index contributed by atoms with van der Waals surface area (Å²) in [7, 11) is 1.73. The number of aryl methyl sites for hydroxylation is 1. The van der Waals surface area contributed by atoms with E-state index in [4.69, 9.17) is 0 Å². The van der Waals surface area contributed by atoms with Crippen LogP contribution >= 0.6 is 0 Å². The molecule has 0 aliphatic carbocycles. The molecule has 2 aromatic rings. The lowest BCUT2D eigenvalue weighted by molar-refractivity contribution is -0.136. The molecule has 126 valence electrons. The Morgan fingerprint density at radius 2 is 1.96 bits per heavy atom. The molecule has 0 aliphatic heterocycles. The van der Waals surface area contributed by atoms with Gasteiger partial charge in [0.1, 0.15) is 0 Å². The van der Waals surface area contributed by atoms with Crippen LogP contribution in [0.3, 0.4) is 0 Å². The van der Waals surface area contributed by atoms with Crippen LogP contribution in [0.15, 0.2) is 36.7 Å². The van der Waals surface area contributed by atoms with E-state index in [1.165, 1.54) is 12.3 Å². The largest absolute Gasteiger partial charge is 0.348 e. The molecule has 0 aliphatic rings. The van der Waals surface area contributed by atoms with Crippen LogP contribution < -0.4 is 10.6 Å². The highest BCUT2D eigenvalue weighted by molar-refractivity contribution is 6.39. The number of ketones is 1. The number of imidazole rings is 1. The monoisotopic (exact) mass is 328 g/mol. The topological polar surface area (TPSA) is 93.1 Å². The summed E-state index contributed by atoms with van der Waals surface area (Å²) in [4.78, 5) is 40.0. The summed E-state index contributed by atoms with van der Waals surface area (Å²) in [6.07, 6.45) is 3.22. The Bertz CT molecular complexity index is 765. The molecule has 0 fully saturated rings. The predicted molar refractivity (Wildman–Crippen MR) is 89.6 cm³/mol. The number of aromatic nitrogens is 2. The molecule has 0 radical (unpaired) electrons. The van der Waals surface area contributed by atoms with Crippen molar-refractivity contribution in [1.82, 2.24) is 14.9 Å². The predicted octanol–water partition coefficient (Wildman–Crippen LogP) is 1.36. The van der Waals surface area contributed by atoms with Crippen molar-refractivity contribution < 1.29 is 14.4 Å². The first kappa shape index (κ1) is 17.4. The molecule has 0 saturated heterocycles. The SMILES string of the molecule is CC(C)CNC(=O)C(=O)Nc1cccc(C(=O)c2nccn2C)c1. The van der Waals surface area contributed by atoms with Gasteiger partial charge in [-0.1, -0.05) is 26.0 Å². The third-order valence-electron chi connectivity index (χ3n) is 3.28. The first-order chi connectivity index (χ1) is 11.4. The van der Waals surface area contributed by atoms with Crippen LogP contribution in [0.4, 0.5) is 5.69 Å². The molecule has 2 rings (SSSR count). The van der Waals surface area contributed by atoms with Gasteiger partial charge in [-0.2, -0.15) is 0 Å². The fourth-order valence-electron chi connectivity index (χ4n) is 2.02. The Kier molecular flexibility index (Phi) is 5.47. The number of carbonyl (C=O) groups is 3. The van der Waals surface area contributed by atoms with Crippen LogP contribution in [-0.2, 0) is 16.6 Å². The molecule has 24 heavy (non-hydrogen) atoms. The van der Waals surface area contributed by atoms with E-state index in [2.05, 4.69) is 15.6 Å². The minimum atomic E-state index is -0.766. The minimum Gasteiger partial charge on any atom is -0.348 e. The number of rotatable bonds is 5. The first-order valence-electron chi connectivity index (χ1n) is 7.59. The standard InChI is InChI=1S/C17H20N4O3/c1-11(2)10-19-16(23)17(24)20-13-6-4-5-12(9-13)14(22)15-18-7-8-21(15)3/h4-9,11H,10H2,1-3H3,(H,19,23)(H,20,24). The van der Waals surface area contributed by atoms with Crippen LogP contribution in [-0.4, -0.2) is 33.7 Å². The molecule has 1 heterocycles. The fourth-order valence-corrected chi connectivity index (χ4v) is 2.02. The van der Waals surface area contributed by atoms with Gasteiger partial charge in [-0.05, 0) is 18.1 Å². The number of carbonyl (C=O) groups excluding carboxylic acids is 3. The van der Waals surface area contributed by atoms with Gasteiger partial charge in [0.2, 0.25) is 5.78 Å². The zero-order chi connectivity index (χ0) is 17.7. The highest BCUT2D eigenvalue weighted by Crippen LogP contribution is 2.14. The van der Waals surface area contributed by atoms with Crippen molar-refractivity contribution in [3.05, 3.63) is 48.0 Å². The second kappa shape index (κ2) is 7.54. The summed E-state index contributed by atoms with van der Waals surface area (Å²) < 4.78 is 1.62. The molecule has 0 saturated carbocycles. The van der Waals surface area contributed by atoms with E-state index in [0.29, 0.717) is 23.6 Å². The fraction of sp³-hybridized carbons (Fsp3) is 0.294. The van der Waals surface area contributed by atoms with Gasteiger partial charge in [-0.3, -0.25) is 14.4 Å². The Balaban J connectivity index is 2.08. The smallest absolute Gasteiger partial charge is 0.313 e. The number of hydrogen-bond acceptors (Lipinski definition) is 4. The molecule has 0 spiro atoms. The van der Waals surface area contributed by atoms with Crippen LogP contribution in [0.5, 0.6) is 0 Å². The summed E-state index contributed by atoms with van der Waals surface area (Å²) in [6.45, 7) is 4.29. The number of benzene rings is 1. The van der Waals surface area contributed by atoms with E-state index in [-0.39, 0.29) is 11.7 Å². The van der Waals surface area contributed by atoms with Crippen molar-refractivity contribution in [3.8, 4) is 0 Å². The third kappa shape index (κ3) is 4.28. The van der Waals surface area contributed by atoms with Crippen molar-refractivity contribution in [3.63, 3.8) is 0 Å². The maximum absolute atomic E-state index is 12.4. The third-order valence-corrected chi connectivity index (χ3v) is 3.28. The summed E-state index contributed by atoms with van der Waals surface area (Å²) in [5.74, 6) is -1.18. The average Bonchev–Trinajstić information content (AvgIpc) is 2.98. The quantitative estimate of drug-likeness (QED) is 0.640. The van der Waals surface area contributed by atoms with Gasteiger partial charge in [0, 0.05) is 37.2 Å². The maximum Gasteiger partial charge on any atom is 0.313 e. The molecular weight excluding hydrogens is 308 g/mol. The minimum absolute atomic E-state index is 0.250. The lowest BCUT2D eigenvalue weighted by Gasteiger charge is -2.09. The summed E-state index contributed by atoms with van der Waals surface area (Å²) >= 11 is 0. The van der Waals surface area contributed by atoms with Crippen molar-refractivity contribution in [2.24, 2.45) is 13.0 Å². The van der Waals surface area contributed by atoms with Crippen LogP contribution in [0, 0.1) is 5.92 Å².